The molecule has 0 heterocycles. The Bertz CT molecular complexity index is 774. The molecule has 2 aliphatic rings. The van der Waals surface area contributed by atoms with Crippen molar-refractivity contribution < 1.29 is 9.85 Å². The van der Waals surface area contributed by atoms with Gasteiger partial charge in [0.1, 0.15) is 5.69 Å². The molecule has 8 nitrogen and oxygen atoms in total. The van der Waals surface area contributed by atoms with Crippen molar-refractivity contribution in [2.75, 3.05) is 5.43 Å². The Morgan fingerprint density at radius 2 is 1.88 bits per heavy atom. The third-order valence-corrected chi connectivity index (χ3v) is 6.50. The van der Waals surface area contributed by atoms with Gasteiger partial charge in [0.25, 0.3) is 5.69 Å². The van der Waals surface area contributed by atoms with Gasteiger partial charge in [-0.15, -0.1) is 0 Å². The van der Waals surface area contributed by atoms with Crippen molar-refractivity contribution in [1.29, 1.82) is 0 Å². The Hall–Kier alpha value is -2.51. The van der Waals surface area contributed by atoms with Crippen LogP contribution in [0.5, 0.6) is 0 Å². The van der Waals surface area contributed by atoms with Crippen LogP contribution in [0.25, 0.3) is 0 Å². The third-order valence-electron chi connectivity index (χ3n) is 6.50. The highest BCUT2D eigenvalue weighted by atomic mass is 16.6. The maximum absolute atomic E-state index is 11.2. The predicted octanol–water partition coefficient (Wildman–Crippen LogP) is 4.51. The topological polar surface area (TPSA) is 111 Å². The van der Waals surface area contributed by atoms with E-state index in [0.29, 0.717) is 5.92 Å². The zero-order valence-corrected chi connectivity index (χ0v) is 14.6. The highest BCUT2D eigenvalue weighted by molar-refractivity contribution is 5.92. The van der Waals surface area contributed by atoms with Gasteiger partial charge in [0.15, 0.2) is 0 Å². The average molecular weight is 346 g/mol. The Morgan fingerprint density at radius 3 is 2.52 bits per heavy atom. The lowest BCUT2D eigenvalue weighted by atomic mass is 9.58. The van der Waals surface area contributed by atoms with Gasteiger partial charge in [0.05, 0.1) is 15.9 Å². The number of nitro benzene ring substituents is 2. The lowest BCUT2D eigenvalue weighted by Gasteiger charge is -2.46. The van der Waals surface area contributed by atoms with Crippen LogP contribution in [0.2, 0.25) is 0 Å². The summed E-state index contributed by atoms with van der Waals surface area (Å²) in [7, 11) is 0. The summed E-state index contributed by atoms with van der Waals surface area (Å²) in [6.45, 7) is 6.76. The molecule has 2 saturated carbocycles. The van der Waals surface area contributed by atoms with Gasteiger partial charge in [-0.3, -0.25) is 25.7 Å². The van der Waals surface area contributed by atoms with Gasteiger partial charge < -0.3 is 0 Å². The van der Waals surface area contributed by atoms with Crippen LogP contribution >= 0.6 is 0 Å². The van der Waals surface area contributed by atoms with Gasteiger partial charge in [-0.25, -0.2) is 0 Å². The molecule has 0 amide bonds. The minimum atomic E-state index is -0.647. The van der Waals surface area contributed by atoms with Crippen molar-refractivity contribution in [2.45, 2.75) is 46.5 Å². The first kappa shape index (κ1) is 17.3. The van der Waals surface area contributed by atoms with Crippen molar-refractivity contribution in [3.63, 3.8) is 0 Å². The number of fused-ring (bicyclic) bond motifs is 2. The lowest BCUT2D eigenvalue weighted by Crippen LogP contribution is -2.44. The molecule has 0 radical (unpaired) electrons. The van der Waals surface area contributed by atoms with Crippen LogP contribution in [0.4, 0.5) is 17.1 Å². The van der Waals surface area contributed by atoms with E-state index in [9.17, 15) is 20.2 Å². The van der Waals surface area contributed by atoms with Gasteiger partial charge in [-0.05, 0) is 43.1 Å². The summed E-state index contributed by atoms with van der Waals surface area (Å²) in [4.78, 5) is 20.8. The van der Waals surface area contributed by atoms with E-state index in [0.717, 1.165) is 31.0 Å². The summed E-state index contributed by atoms with van der Waals surface area (Å²) in [6.07, 6.45) is 4.19. The fourth-order valence-corrected chi connectivity index (χ4v) is 4.39. The van der Waals surface area contributed by atoms with Crippen molar-refractivity contribution in [3.05, 3.63) is 38.4 Å². The Labute approximate surface area is 145 Å². The minimum Gasteiger partial charge on any atom is -0.272 e. The summed E-state index contributed by atoms with van der Waals surface area (Å²) >= 11 is 0. The molecule has 0 saturated heterocycles. The van der Waals surface area contributed by atoms with E-state index in [1.165, 1.54) is 18.6 Å². The summed E-state index contributed by atoms with van der Waals surface area (Å²) < 4.78 is 0. The van der Waals surface area contributed by atoms with Crippen LogP contribution in [0.1, 0.15) is 46.5 Å². The molecule has 2 unspecified atom stereocenters. The molecule has 3 rings (SSSR count). The summed E-state index contributed by atoms with van der Waals surface area (Å²) in [5.41, 5.74) is 3.46. The van der Waals surface area contributed by atoms with Crippen LogP contribution in [0.15, 0.2) is 23.3 Å². The zero-order chi connectivity index (χ0) is 18.4. The molecule has 2 bridgehead atoms. The second-order valence-electron chi connectivity index (χ2n) is 7.71. The molecule has 0 aromatic heterocycles. The SMILES string of the molecule is CC12CCC(CCC1=NNc1ccc([N+](=O)[O-])cc1[N+](=O)[O-])C2(C)C. The Morgan fingerprint density at radius 1 is 1.16 bits per heavy atom. The standard InChI is InChI=1S/C17H22N4O4/c1-16(2)11-4-7-15(17(16,3)9-8-11)19-18-13-6-5-12(20(22)23)10-14(13)21(24)25/h5-6,10-11,18H,4,7-9H2,1-3H3. The molecule has 2 atom stereocenters. The fourth-order valence-electron chi connectivity index (χ4n) is 4.39. The van der Waals surface area contributed by atoms with E-state index in [4.69, 9.17) is 0 Å². The molecule has 2 aliphatic carbocycles. The Kier molecular flexibility index (Phi) is 4.01. The first-order valence-corrected chi connectivity index (χ1v) is 8.43. The summed E-state index contributed by atoms with van der Waals surface area (Å²) in [6, 6.07) is 3.54. The molecule has 1 N–H and O–H groups in total. The van der Waals surface area contributed by atoms with Gasteiger partial charge >= 0.3 is 5.69 Å². The van der Waals surface area contributed by atoms with Gasteiger partial charge in [-0.2, -0.15) is 5.10 Å². The summed E-state index contributed by atoms with van der Waals surface area (Å²) in [5.74, 6) is 0.685. The largest absolute Gasteiger partial charge is 0.301 e. The van der Waals surface area contributed by atoms with E-state index < -0.39 is 9.85 Å². The van der Waals surface area contributed by atoms with E-state index in [1.807, 2.05) is 0 Å². The van der Waals surface area contributed by atoms with Crippen LogP contribution in [0, 0.1) is 37.0 Å². The summed E-state index contributed by atoms with van der Waals surface area (Å²) in [5, 5.41) is 26.6. The van der Waals surface area contributed by atoms with Crippen molar-refractivity contribution in [1.82, 2.24) is 0 Å². The number of nitrogens with zero attached hydrogens (tertiary/aromatic N) is 3. The quantitative estimate of drug-likeness (QED) is 0.637. The number of hydrogen-bond acceptors (Lipinski definition) is 6. The molecular weight excluding hydrogens is 324 g/mol. The maximum Gasteiger partial charge on any atom is 0.301 e. The zero-order valence-electron chi connectivity index (χ0n) is 14.6. The lowest BCUT2D eigenvalue weighted by molar-refractivity contribution is -0.393. The molecule has 25 heavy (non-hydrogen) atoms. The molecule has 0 aliphatic heterocycles. The average Bonchev–Trinajstić information content (AvgIpc) is 2.69. The first-order valence-electron chi connectivity index (χ1n) is 8.43. The van der Waals surface area contributed by atoms with Crippen molar-refractivity contribution in [3.8, 4) is 0 Å². The van der Waals surface area contributed by atoms with Crippen LogP contribution < -0.4 is 5.43 Å². The van der Waals surface area contributed by atoms with Crippen molar-refractivity contribution in [2.24, 2.45) is 21.8 Å². The highest BCUT2D eigenvalue weighted by Gasteiger charge is 2.56. The molecule has 0 spiro atoms. The normalized spacial score (nSPS) is 28.8. The van der Waals surface area contributed by atoms with Crippen LogP contribution in [-0.4, -0.2) is 15.6 Å². The van der Waals surface area contributed by atoms with Crippen LogP contribution in [-0.2, 0) is 0 Å². The third kappa shape index (κ3) is 2.65. The Balaban J connectivity index is 1.92. The maximum atomic E-state index is 11.2. The minimum absolute atomic E-state index is 0.0293. The van der Waals surface area contributed by atoms with E-state index in [1.54, 1.807) is 0 Å². The van der Waals surface area contributed by atoms with E-state index >= 15 is 0 Å². The predicted molar refractivity (Wildman–Crippen MR) is 94.7 cm³/mol. The molecule has 2 fully saturated rings. The van der Waals surface area contributed by atoms with Gasteiger partial charge in [0, 0.05) is 17.2 Å². The molecule has 8 heteroatoms. The second-order valence-corrected chi connectivity index (χ2v) is 7.71. The second kappa shape index (κ2) is 5.79. The number of nitrogens with one attached hydrogen (secondary N) is 1. The number of hydrazone groups is 1. The van der Waals surface area contributed by atoms with Crippen LogP contribution in [0.3, 0.4) is 0 Å². The smallest absolute Gasteiger partial charge is 0.272 e. The van der Waals surface area contributed by atoms with E-state index in [2.05, 4.69) is 31.3 Å². The number of rotatable bonds is 4. The number of hydrogen-bond donors (Lipinski definition) is 1. The van der Waals surface area contributed by atoms with Gasteiger partial charge in [-0.1, -0.05) is 20.8 Å². The monoisotopic (exact) mass is 346 g/mol. The van der Waals surface area contributed by atoms with E-state index in [-0.39, 0.29) is 27.9 Å². The van der Waals surface area contributed by atoms with Crippen molar-refractivity contribution >= 4 is 22.8 Å². The first-order chi connectivity index (χ1) is 11.7. The number of nitro groups is 2. The molecule has 134 valence electrons. The number of non-ortho nitro benzene ring substituents is 1. The highest BCUT2D eigenvalue weighted by Crippen LogP contribution is 2.61. The van der Waals surface area contributed by atoms with Gasteiger partial charge in [0.2, 0.25) is 0 Å². The molecular formula is C17H22N4O4. The molecule has 1 aromatic rings. The fraction of sp³-hybridized carbons (Fsp3) is 0.588. The number of benzene rings is 1. The molecule has 1 aromatic carbocycles. The number of anilines is 1.